The predicted molar refractivity (Wildman–Crippen MR) is 255 cm³/mol. The standard InChI is InChI=1S/C48H80O17P2/c1-3-5-7-8-9-10-11-12-13-14-15-16-17-18-19-20-21-22-24-30-48(55)65-42(38-64-67(59,60)63-36-41(51)35-62-66(56,57)58)37-61-47(54)29-26-25-28-40(50)33-44-43(45(52)34-46(44)53)32-31-39(49)27-23-6-4-2/h9-10,12-13,15-16,18-19,21-22,31-32,39,41-46,49,51-53H,3-8,11,14,17,20,23-30,33-38H2,1-2H3,(H,59,60)(H2,56,57,58)/b10-9-,13-12-,16-15-,19-18-,22-21-,32-31+/t39-,41-,42+,43+,44+,45+,46-/m0/s1. The van der Waals surface area contributed by atoms with E-state index >= 15 is 0 Å². The molecular weight excluding hydrogens is 910 g/mol. The molecule has 0 aromatic rings. The number of hydrogen-bond acceptors (Lipinski definition) is 14. The van der Waals surface area contributed by atoms with Crippen molar-refractivity contribution in [2.75, 3.05) is 26.4 Å². The fourth-order valence-electron chi connectivity index (χ4n) is 6.86. The number of esters is 2. The monoisotopic (exact) mass is 990 g/mol. The zero-order valence-electron chi connectivity index (χ0n) is 39.5. The summed E-state index contributed by atoms with van der Waals surface area (Å²) in [5.74, 6) is -2.56. The molecule has 1 aliphatic carbocycles. The van der Waals surface area contributed by atoms with E-state index in [1.165, 1.54) is 19.3 Å². The van der Waals surface area contributed by atoms with Crippen LogP contribution < -0.4 is 0 Å². The van der Waals surface area contributed by atoms with Crippen LogP contribution in [0.3, 0.4) is 0 Å². The number of unbranched alkanes of at least 4 members (excludes halogenated alkanes) is 6. The molecule has 1 aliphatic rings. The summed E-state index contributed by atoms with van der Waals surface area (Å²) < 4.78 is 47.7. The minimum atomic E-state index is -4.93. The van der Waals surface area contributed by atoms with E-state index in [9.17, 15) is 48.8 Å². The number of phosphoric ester groups is 2. The van der Waals surface area contributed by atoms with Gasteiger partial charge in [0.2, 0.25) is 0 Å². The minimum Gasteiger partial charge on any atom is -0.462 e. The summed E-state index contributed by atoms with van der Waals surface area (Å²) in [5, 5.41) is 41.1. The Balaban J connectivity index is 2.61. The summed E-state index contributed by atoms with van der Waals surface area (Å²) in [5.41, 5.74) is 0. The van der Waals surface area contributed by atoms with E-state index in [1.54, 1.807) is 18.2 Å². The van der Waals surface area contributed by atoms with E-state index in [0.29, 0.717) is 25.7 Å². The van der Waals surface area contributed by atoms with Gasteiger partial charge in [-0.1, -0.05) is 119 Å². The van der Waals surface area contributed by atoms with Gasteiger partial charge in [0.15, 0.2) is 6.10 Å². The Labute approximate surface area is 397 Å². The zero-order chi connectivity index (χ0) is 49.8. The molecule has 0 bridgehead atoms. The molecule has 1 unspecified atom stereocenters. The lowest BCUT2D eigenvalue weighted by Crippen LogP contribution is -2.29. The van der Waals surface area contributed by atoms with Gasteiger partial charge in [-0.2, -0.15) is 0 Å². The van der Waals surface area contributed by atoms with Crippen molar-refractivity contribution in [3.8, 4) is 0 Å². The van der Waals surface area contributed by atoms with Gasteiger partial charge >= 0.3 is 27.6 Å². The van der Waals surface area contributed by atoms with Crippen LogP contribution in [-0.2, 0) is 46.6 Å². The number of carbonyl (C=O) groups excluding carboxylic acids is 3. The van der Waals surface area contributed by atoms with Gasteiger partial charge in [-0.05, 0) is 64.2 Å². The highest BCUT2D eigenvalue weighted by Crippen LogP contribution is 2.44. The van der Waals surface area contributed by atoms with E-state index < -0.39 is 96.4 Å². The summed E-state index contributed by atoms with van der Waals surface area (Å²) >= 11 is 0. The van der Waals surface area contributed by atoms with Crippen LogP contribution in [0.25, 0.3) is 0 Å². The molecule has 0 radical (unpaired) electrons. The molecule has 0 aliphatic heterocycles. The molecule has 1 rings (SSSR count). The first-order valence-electron chi connectivity index (χ1n) is 23.8. The maximum atomic E-state index is 12.9. The fourth-order valence-corrected chi connectivity index (χ4v) is 8.01. The molecule has 17 nitrogen and oxygen atoms in total. The van der Waals surface area contributed by atoms with E-state index in [-0.39, 0.29) is 44.3 Å². The Kier molecular flexibility index (Phi) is 35.2. The molecule has 1 fully saturated rings. The second-order valence-corrected chi connectivity index (χ2v) is 19.3. The topological polar surface area (TPSA) is 273 Å². The van der Waals surface area contributed by atoms with Crippen LogP contribution in [0.4, 0.5) is 0 Å². The second-order valence-electron chi connectivity index (χ2n) is 16.6. The summed E-state index contributed by atoms with van der Waals surface area (Å²) in [6.45, 7) is 1.11. The third kappa shape index (κ3) is 35.0. The second kappa shape index (κ2) is 37.9. The van der Waals surface area contributed by atoms with Crippen LogP contribution in [0.2, 0.25) is 0 Å². The van der Waals surface area contributed by atoms with Crippen molar-refractivity contribution < 1.29 is 81.7 Å². The van der Waals surface area contributed by atoms with Gasteiger partial charge in [0.1, 0.15) is 18.5 Å². The molecule has 8 atom stereocenters. The van der Waals surface area contributed by atoms with Crippen molar-refractivity contribution in [1.29, 1.82) is 0 Å². The van der Waals surface area contributed by atoms with Crippen LogP contribution >= 0.6 is 15.6 Å². The third-order valence-electron chi connectivity index (χ3n) is 10.6. The van der Waals surface area contributed by atoms with E-state index in [1.807, 2.05) is 18.2 Å². The van der Waals surface area contributed by atoms with E-state index in [2.05, 4.69) is 59.4 Å². The summed E-state index contributed by atoms with van der Waals surface area (Å²) in [7, 11) is -9.85. The number of aliphatic hydroxyl groups is 4. The Morgan fingerprint density at radius 3 is 1.79 bits per heavy atom. The molecule has 67 heavy (non-hydrogen) atoms. The lowest BCUT2D eigenvalue weighted by atomic mass is 9.87. The van der Waals surface area contributed by atoms with Crippen molar-refractivity contribution in [3.05, 3.63) is 72.9 Å². The van der Waals surface area contributed by atoms with Crippen LogP contribution in [0.15, 0.2) is 72.9 Å². The van der Waals surface area contributed by atoms with E-state index in [4.69, 9.17) is 23.8 Å². The van der Waals surface area contributed by atoms with Crippen LogP contribution in [-0.4, -0.2) is 110 Å². The van der Waals surface area contributed by atoms with Crippen LogP contribution in [0, 0.1) is 11.8 Å². The quantitative estimate of drug-likeness (QED) is 0.0132. The first-order valence-corrected chi connectivity index (χ1v) is 26.8. The Morgan fingerprint density at radius 1 is 0.627 bits per heavy atom. The van der Waals surface area contributed by atoms with Crippen molar-refractivity contribution in [2.45, 2.75) is 173 Å². The van der Waals surface area contributed by atoms with Gasteiger partial charge in [0.05, 0.1) is 38.1 Å². The van der Waals surface area contributed by atoms with Gasteiger partial charge < -0.3 is 44.6 Å². The number of carbonyl (C=O) groups is 3. The number of allylic oxidation sites excluding steroid dienone is 10. The minimum absolute atomic E-state index is 0.0242. The number of rotatable bonds is 40. The number of hydrogen-bond donors (Lipinski definition) is 7. The average Bonchev–Trinajstić information content (AvgIpc) is 3.54. The highest BCUT2D eigenvalue weighted by molar-refractivity contribution is 7.47. The van der Waals surface area contributed by atoms with Crippen molar-refractivity contribution >= 4 is 33.4 Å². The number of Topliss-reactive ketones (excluding diaryl/α,β-unsaturated/α-hetero) is 1. The van der Waals surface area contributed by atoms with Crippen LogP contribution in [0.5, 0.6) is 0 Å². The van der Waals surface area contributed by atoms with E-state index in [0.717, 1.165) is 44.9 Å². The molecule has 7 N–H and O–H groups in total. The lowest BCUT2D eigenvalue weighted by Gasteiger charge is -2.21. The Morgan fingerprint density at radius 2 is 1.18 bits per heavy atom. The molecule has 0 spiro atoms. The van der Waals surface area contributed by atoms with Gasteiger partial charge in [0, 0.05) is 43.9 Å². The third-order valence-corrected chi connectivity index (χ3v) is 12.0. The first-order chi connectivity index (χ1) is 32.0. The highest BCUT2D eigenvalue weighted by Gasteiger charge is 2.41. The molecule has 0 amide bonds. The normalized spacial score (nSPS) is 20.5. The molecule has 19 heteroatoms. The molecule has 0 saturated heterocycles. The maximum absolute atomic E-state index is 12.9. The largest absolute Gasteiger partial charge is 0.472 e. The highest BCUT2D eigenvalue weighted by atomic mass is 31.2. The van der Waals surface area contributed by atoms with Gasteiger partial charge in [-0.15, -0.1) is 0 Å². The smallest absolute Gasteiger partial charge is 0.462 e. The number of phosphoric acid groups is 2. The number of ketones is 1. The Hall–Kier alpha value is -2.89. The number of ether oxygens (including phenoxy) is 2. The molecular formula is C48H80O17P2. The lowest BCUT2D eigenvalue weighted by molar-refractivity contribution is -0.161. The molecule has 0 aromatic carbocycles. The van der Waals surface area contributed by atoms with Crippen molar-refractivity contribution in [2.24, 2.45) is 11.8 Å². The van der Waals surface area contributed by atoms with Crippen LogP contribution in [0.1, 0.15) is 142 Å². The first kappa shape index (κ1) is 62.1. The molecule has 0 heterocycles. The number of aliphatic hydroxyl groups excluding tert-OH is 4. The average molecular weight is 991 g/mol. The molecule has 384 valence electrons. The molecule has 0 aromatic heterocycles. The van der Waals surface area contributed by atoms with Gasteiger partial charge in [0.25, 0.3) is 0 Å². The summed E-state index contributed by atoms with van der Waals surface area (Å²) in [6.07, 6.45) is 31.1. The predicted octanol–water partition coefficient (Wildman–Crippen LogP) is 8.12. The maximum Gasteiger partial charge on any atom is 0.472 e. The van der Waals surface area contributed by atoms with Crippen molar-refractivity contribution in [3.63, 3.8) is 0 Å². The zero-order valence-corrected chi connectivity index (χ0v) is 41.3. The van der Waals surface area contributed by atoms with Gasteiger partial charge in [-0.3, -0.25) is 28.0 Å². The van der Waals surface area contributed by atoms with Crippen molar-refractivity contribution in [1.82, 2.24) is 0 Å². The summed E-state index contributed by atoms with van der Waals surface area (Å²) in [4.78, 5) is 65.9. The summed E-state index contributed by atoms with van der Waals surface area (Å²) in [6, 6.07) is 0. The Bertz CT molecular complexity index is 1640. The molecule has 1 saturated carbocycles. The van der Waals surface area contributed by atoms with Gasteiger partial charge in [-0.25, -0.2) is 9.13 Å². The SMILES string of the molecule is CCCCC/C=C\C/C=C\C/C=C\C/C=C\C/C=C\CCC(=O)O[C@H](COC(=O)CCCCC(=O)C[C@@H]1[C@@H](/C=C/[C@@H](O)CCCCC)[C@H](O)C[C@@H]1O)COP(=O)(O)OC[C@@H](O)COP(=O)(O)O. The fraction of sp³-hybridized carbons (Fsp3) is 0.688.